The zero-order valence-electron chi connectivity index (χ0n) is 11.4. The number of aromatic nitrogens is 1. The fourth-order valence-corrected chi connectivity index (χ4v) is 3.52. The average molecular weight is 311 g/mol. The molecule has 0 aliphatic rings. The van der Waals surface area contributed by atoms with E-state index in [0.29, 0.717) is 6.54 Å². The summed E-state index contributed by atoms with van der Waals surface area (Å²) < 4.78 is 26.8. The highest BCUT2D eigenvalue weighted by molar-refractivity contribution is 7.89. The SMILES string of the molecule is CNCc1ccc(S(=O)(=O)NCc2ncc(C)s2)cc1. The first-order chi connectivity index (χ1) is 9.51. The van der Waals surface area contributed by atoms with Crippen molar-refractivity contribution in [3.63, 3.8) is 0 Å². The van der Waals surface area contributed by atoms with E-state index in [9.17, 15) is 8.42 Å². The van der Waals surface area contributed by atoms with Gasteiger partial charge in [0.05, 0.1) is 11.4 Å². The van der Waals surface area contributed by atoms with Crippen molar-refractivity contribution in [2.45, 2.75) is 24.9 Å². The lowest BCUT2D eigenvalue weighted by molar-refractivity contribution is 0.581. The van der Waals surface area contributed by atoms with Gasteiger partial charge in [-0.1, -0.05) is 12.1 Å². The molecule has 0 aliphatic carbocycles. The first kappa shape index (κ1) is 15.1. The number of nitrogens with zero attached hydrogens (tertiary/aromatic N) is 1. The Morgan fingerprint density at radius 2 is 1.90 bits per heavy atom. The van der Waals surface area contributed by atoms with Crippen LogP contribution in [0.25, 0.3) is 0 Å². The summed E-state index contributed by atoms with van der Waals surface area (Å²) in [6.07, 6.45) is 1.74. The maximum absolute atomic E-state index is 12.1. The van der Waals surface area contributed by atoms with E-state index in [-0.39, 0.29) is 11.4 Å². The van der Waals surface area contributed by atoms with E-state index in [1.807, 2.05) is 14.0 Å². The van der Waals surface area contributed by atoms with Crippen LogP contribution in [0.3, 0.4) is 0 Å². The number of thiazole rings is 1. The fourth-order valence-electron chi connectivity index (χ4n) is 1.71. The summed E-state index contributed by atoms with van der Waals surface area (Å²) in [4.78, 5) is 5.47. The second kappa shape index (κ2) is 6.45. The van der Waals surface area contributed by atoms with Crippen LogP contribution in [0, 0.1) is 6.92 Å². The van der Waals surface area contributed by atoms with E-state index in [1.54, 1.807) is 30.5 Å². The molecule has 7 heteroatoms. The Kier molecular flexibility index (Phi) is 4.87. The molecule has 2 aromatic rings. The van der Waals surface area contributed by atoms with Gasteiger partial charge in [-0.05, 0) is 31.7 Å². The lowest BCUT2D eigenvalue weighted by Gasteiger charge is -2.06. The minimum Gasteiger partial charge on any atom is -0.316 e. The second-order valence-electron chi connectivity index (χ2n) is 4.36. The average Bonchev–Trinajstić information content (AvgIpc) is 2.84. The van der Waals surface area contributed by atoms with Crippen LogP contribution in [0.1, 0.15) is 15.4 Å². The highest BCUT2D eigenvalue weighted by Crippen LogP contribution is 2.14. The summed E-state index contributed by atoms with van der Waals surface area (Å²) in [6.45, 7) is 2.88. The predicted octanol–water partition coefficient (Wildman–Crippen LogP) is 1.65. The van der Waals surface area contributed by atoms with Gasteiger partial charge in [-0.15, -0.1) is 11.3 Å². The molecule has 0 aliphatic heterocycles. The Morgan fingerprint density at radius 1 is 1.20 bits per heavy atom. The molecule has 0 unspecified atom stereocenters. The third-order valence-electron chi connectivity index (χ3n) is 2.70. The van der Waals surface area contributed by atoms with Crippen molar-refractivity contribution in [3.05, 3.63) is 45.9 Å². The van der Waals surface area contributed by atoms with Gasteiger partial charge in [0.1, 0.15) is 5.01 Å². The maximum atomic E-state index is 12.1. The fraction of sp³-hybridized carbons (Fsp3) is 0.308. The van der Waals surface area contributed by atoms with Gasteiger partial charge in [0.2, 0.25) is 10.0 Å². The van der Waals surface area contributed by atoms with Crippen LogP contribution in [-0.4, -0.2) is 20.4 Å². The van der Waals surface area contributed by atoms with Gasteiger partial charge in [-0.2, -0.15) is 0 Å². The van der Waals surface area contributed by atoms with Crippen LogP contribution < -0.4 is 10.0 Å². The monoisotopic (exact) mass is 311 g/mol. The number of hydrogen-bond acceptors (Lipinski definition) is 5. The third-order valence-corrected chi connectivity index (χ3v) is 5.03. The van der Waals surface area contributed by atoms with Crippen molar-refractivity contribution in [2.75, 3.05) is 7.05 Å². The van der Waals surface area contributed by atoms with Crippen LogP contribution in [0.2, 0.25) is 0 Å². The Bertz CT molecular complexity index is 663. The quantitative estimate of drug-likeness (QED) is 0.851. The molecule has 108 valence electrons. The lowest BCUT2D eigenvalue weighted by Crippen LogP contribution is -2.23. The van der Waals surface area contributed by atoms with Crippen LogP contribution >= 0.6 is 11.3 Å². The van der Waals surface area contributed by atoms with Crippen molar-refractivity contribution in [2.24, 2.45) is 0 Å². The van der Waals surface area contributed by atoms with Crippen LogP contribution in [0.5, 0.6) is 0 Å². The molecule has 20 heavy (non-hydrogen) atoms. The summed E-state index contributed by atoms with van der Waals surface area (Å²) in [6, 6.07) is 6.83. The summed E-state index contributed by atoms with van der Waals surface area (Å²) in [5, 5.41) is 3.78. The molecule has 0 saturated heterocycles. The minimum atomic E-state index is -3.48. The topological polar surface area (TPSA) is 71.1 Å². The molecule has 5 nitrogen and oxygen atoms in total. The largest absolute Gasteiger partial charge is 0.316 e. The first-order valence-corrected chi connectivity index (χ1v) is 8.46. The number of nitrogens with one attached hydrogen (secondary N) is 2. The lowest BCUT2D eigenvalue weighted by atomic mass is 10.2. The van der Waals surface area contributed by atoms with Crippen LogP contribution in [0.15, 0.2) is 35.4 Å². The number of benzene rings is 1. The van der Waals surface area contributed by atoms with E-state index < -0.39 is 10.0 Å². The normalized spacial score (nSPS) is 11.7. The van der Waals surface area contributed by atoms with E-state index in [4.69, 9.17) is 0 Å². The van der Waals surface area contributed by atoms with Crippen LogP contribution in [-0.2, 0) is 23.1 Å². The molecule has 0 bridgehead atoms. The second-order valence-corrected chi connectivity index (χ2v) is 7.45. The Labute approximate surface area is 123 Å². The molecule has 0 saturated carbocycles. The molecule has 0 fully saturated rings. The highest BCUT2D eigenvalue weighted by Gasteiger charge is 2.14. The predicted molar refractivity (Wildman–Crippen MR) is 80.1 cm³/mol. The standard InChI is InChI=1S/C13H17N3O2S2/c1-10-7-15-13(19-10)9-16-20(17,18)12-5-3-11(4-6-12)8-14-2/h3-7,14,16H,8-9H2,1-2H3. The van der Waals surface area contributed by atoms with E-state index in [0.717, 1.165) is 15.4 Å². The Hall–Kier alpha value is -1.28. The zero-order valence-corrected chi connectivity index (χ0v) is 13.0. The van der Waals surface area contributed by atoms with Gasteiger partial charge < -0.3 is 5.32 Å². The maximum Gasteiger partial charge on any atom is 0.240 e. The number of hydrogen-bond donors (Lipinski definition) is 2. The van der Waals surface area contributed by atoms with Gasteiger partial charge in [0.25, 0.3) is 0 Å². The Morgan fingerprint density at radius 3 is 2.45 bits per heavy atom. The molecule has 0 atom stereocenters. The summed E-state index contributed by atoms with van der Waals surface area (Å²) in [5.41, 5.74) is 1.04. The molecule has 1 aromatic carbocycles. The van der Waals surface area contributed by atoms with Crippen molar-refractivity contribution in [1.29, 1.82) is 0 Å². The molecule has 2 N–H and O–H groups in total. The number of aryl methyl sites for hydroxylation is 1. The molecule has 2 rings (SSSR count). The van der Waals surface area contributed by atoms with Gasteiger partial charge >= 0.3 is 0 Å². The zero-order chi connectivity index (χ0) is 14.6. The number of rotatable bonds is 6. The van der Waals surface area contributed by atoms with E-state index in [1.165, 1.54) is 11.3 Å². The molecule has 0 amide bonds. The van der Waals surface area contributed by atoms with Crippen molar-refractivity contribution >= 4 is 21.4 Å². The first-order valence-electron chi connectivity index (χ1n) is 6.16. The van der Waals surface area contributed by atoms with Gasteiger partial charge in [-0.25, -0.2) is 18.1 Å². The van der Waals surface area contributed by atoms with Crippen LogP contribution in [0.4, 0.5) is 0 Å². The van der Waals surface area contributed by atoms with Gasteiger partial charge in [0, 0.05) is 17.6 Å². The van der Waals surface area contributed by atoms with Gasteiger partial charge in [-0.3, -0.25) is 0 Å². The van der Waals surface area contributed by atoms with Gasteiger partial charge in [0.15, 0.2) is 0 Å². The van der Waals surface area contributed by atoms with Crippen molar-refractivity contribution < 1.29 is 8.42 Å². The minimum absolute atomic E-state index is 0.221. The summed E-state index contributed by atoms with van der Waals surface area (Å²) in [7, 11) is -1.64. The highest BCUT2D eigenvalue weighted by atomic mass is 32.2. The third kappa shape index (κ3) is 3.86. The molecular formula is C13H17N3O2S2. The molecular weight excluding hydrogens is 294 g/mol. The summed E-state index contributed by atoms with van der Waals surface area (Å²) in [5.74, 6) is 0. The molecule has 0 radical (unpaired) electrons. The van der Waals surface area contributed by atoms with E-state index in [2.05, 4.69) is 15.0 Å². The smallest absolute Gasteiger partial charge is 0.240 e. The molecule has 0 spiro atoms. The van der Waals surface area contributed by atoms with Crippen molar-refractivity contribution in [3.8, 4) is 0 Å². The number of sulfonamides is 1. The Balaban J connectivity index is 2.05. The molecule has 1 aromatic heterocycles. The summed E-state index contributed by atoms with van der Waals surface area (Å²) >= 11 is 1.49. The molecule has 1 heterocycles. The van der Waals surface area contributed by atoms with Crippen molar-refractivity contribution in [1.82, 2.24) is 15.0 Å². The van der Waals surface area contributed by atoms with E-state index >= 15 is 0 Å².